The lowest BCUT2D eigenvalue weighted by Gasteiger charge is -2.22. The van der Waals surface area contributed by atoms with Crippen LogP contribution in [0.5, 0.6) is 0 Å². The third-order valence-corrected chi connectivity index (χ3v) is 5.11. The second-order valence-electron chi connectivity index (χ2n) is 6.99. The molecule has 2 atom stereocenters. The number of carbonyl (C=O) groups excluding carboxylic acids is 1. The average molecular weight is 379 g/mol. The molecule has 3 aromatic rings. The number of aromatic amines is 1. The highest BCUT2D eigenvalue weighted by molar-refractivity contribution is 5.84. The maximum absolute atomic E-state index is 12.4. The smallest absolute Gasteiger partial charge is 0.320 e. The summed E-state index contributed by atoms with van der Waals surface area (Å²) in [7, 11) is 1.63. The number of carboxylic acid groups (broad SMARTS) is 1. The van der Waals surface area contributed by atoms with Crippen molar-refractivity contribution in [2.75, 3.05) is 20.1 Å². The number of nitrogens with zero attached hydrogens (tertiary/aromatic N) is 1. The molecule has 0 spiro atoms. The number of benzene rings is 2. The fourth-order valence-corrected chi connectivity index (χ4v) is 3.30. The van der Waals surface area contributed by atoms with E-state index in [0.717, 1.165) is 22.0 Å². The molecule has 0 saturated carbocycles. The van der Waals surface area contributed by atoms with Crippen LogP contribution in [0, 0.1) is 0 Å². The molecule has 0 aliphatic carbocycles. The zero-order valence-corrected chi connectivity index (χ0v) is 16.1. The number of hydrogen-bond donors (Lipinski definition) is 3. The van der Waals surface area contributed by atoms with Gasteiger partial charge in [-0.05, 0) is 31.2 Å². The predicted octanol–water partition coefficient (Wildman–Crippen LogP) is 2.82. The van der Waals surface area contributed by atoms with Crippen molar-refractivity contribution in [2.24, 2.45) is 0 Å². The van der Waals surface area contributed by atoms with E-state index in [9.17, 15) is 9.59 Å². The lowest BCUT2D eigenvalue weighted by atomic mass is 9.91. The van der Waals surface area contributed by atoms with E-state index in [-0.39, 0.29) is 18.4 Å². The van der Waals surface area contributed by atoms with E-state index in [1.165, 1.54) is 4.90 Å². The maximum atomic E-state index is 12.4. The number of nitrogens with one attached hydrogen (secondary N) is 2. The Hall–Kier alpha value is -3.12. The van der Waals surface area contributed by atoms with Crippen molar-refractivity contribution in [3.63, 3.8) is 0 Å². The van der Waals surface area contributed by atoms with Gasteiger partial charge in [0.05, 0.1) is 6.54 Å². The van der Waals surface area contributed by atoms with Gasteiger partial charge in [-0.2, -0.15) is 0 Å². The van der Waals surface area contributed by atoms with Gasteiger partial charge in [0.1, 0.15) is 6.04 Å². The highest BCUT2D eigenvalue weighted by Crippen LogP contribution is 2.30. The topological polar surface area (TPSA) is 85.4 Å². The molecule has 3 rings (SSSR count). The molecule has 6 nitrogen and oxygen atoms in total. The third kappa shape index (κ3) is 4.40. The van der Waals surface area contributed by atoms with Crippen LogP contribution in [0.4, 0.5) is 0 Å². The molecule has 0 fully saturated rings. The molecule has 0 radical (unpaired) electrons. The average Bonchev–Trinajstić information content (AvgIpc) is 3.12. The zero-order chi connectivity index (χ0) is 20.1. The molecular weight excluding hydrogens is 354 g/mol. The second-order valence-corrected chi connectivity index (χ2v) is 6.99. The number of amides is 1. The Bertz CT molecular complexity index is 952. The Morgan fingerprint density at radius 1 is 1.11 bits per heavy atom. The van der Waals surface area contributed by atoms with Crippen LogP contribution in [0.25, 0.3) is 10.9 Å². The number of carboxylic acids is 1. The number of hydrogen-bond acceptors (Lipinski definition) is 3. The lowest BCUT2D eigenvalue weighted by molar-refractivity contribution is -0.142. The number of aliphatic carboxylic acids is 1. The Kier molecular flexibility index (Phi) is 6.11. The summed E-state index contributed by atoms with van der Waals surface area (Å²) in [5, 5.41) is 13.2. The lowest BCUT2D eigenvalue weighted by Crippen LogP contribution is -2.43. The summed E-state index contributed by atoms with van der Waals surface area (Å²) < 4.78 is 0. The van der Waals surface area contributed by atoms with Crippen molar-refractivity contribution in [2.45, 2.75) is 18.9 Å². The standard InChI is InChI=1S/C22H25N3O3/c1-15(22(27)28)25(2)14-21(26)24-12-18(16-8-4-3-5-9-16)19-13-23-20-11-7-6-10-17(19)20/h3-11,13,15,18,23H,12,14H2,1-2H3,(H,24,26)(H,27,28). The Labute approximate surface area is 164 Å². The molecule has 0 saturated heterocycles. The summed E-state index contributed by atoms with van der Waals surface area (Å²) >= 11 is 0. The molecular formula is C22H25N3O3. The summed E-state index contributed by atoms with van der Waals surface area (Å²) in [4.78, 5) is 28.3. The summed E-state index contributed by atoms with van der Waals surface area (Å²) in [6.07, 6.45) is 1.99. The highest BCUT2D eigenvalue weighted by Gasteiger charge is 2.21. The van der Waals surface area contributed by atoms with Crippen molar-refractivity contribution >= 4 is 22.8 Å². The minimum atomic E-state index is -0.948. The van der Waals surface area contributed by atoms with E-state index in [2.05, 4.69) is 28.5 Å². The zero-order valence-electron chi connectivity index (χ0n) is 16.1. The molecule has 1 heterocycles. The monoisotopic (exact) mass is 379 g/mol. The number of H-pyrrole nitrogens is 1. The molecule has 146 valence electrons. The third-order valence-electron chi connectivity index (χ3n) is 5.11. The maximum Gasteiger partial charge on any atom is 0.320 e. The normalized spacial score (nSPS) is 13.4. The number of fused-ring (bicyclic) bond motifs is 1. The van der Waals surface area contributed by atoms with E-state index < -0.39 is 12.0 Å². The van der Waals surface area contributed by atoms with Crippen LogP contribution >= 0.6 is 0 Å². The van der Waals surface area contributed by atoms with E-state index in [1.54, 1.807) is 14.0 Å². The summed E-state index contributed by atoms with van der Waals surface area (Å²) in [5.74, 6) is -1.16. The summed E-state index contributed by atoms with van der Waals surface area (Å²) in [5.41, 5.74) is 3.29. The first-order valence-corrected chi connectivity index (χ1v) is 9.28. The van der Waals surface area contributed by atoms with Crippen LogP contribution in [-0.2, 0) is 9.59 Å². The Morgan fingerprint density at radius 3 is 2.50 bits per heavy atom. The largest absolute Gasteiger partial charge is 0.480 e. The molecule has 1 aromatic heterocycles. The number of rotatable bonds is 8. The number of likely N-dealkylation sites (N-methyl/N-ethyl adjacent to an activating group) is 1. The van der Waals surface area contributed by atoms with Crippen molar-refractivity contribution in [3.05, 3.63) is 71.9 Å². The van der Waals surface area contributed by atoms with Crippen LogP contribution in [0.15, 0.2) is 60.8 Å². The van der Waals surface area contributed by atoms with Crippen LogP contribution in [-0.4, -0.2) is 53.0 Å². The summed E-state index contributed by atoms with van der Waals surface area (Å²) in [6.45, 7) is 2.02. The van der Waals surface area contributed by atoms with Crippen LogP contribution in [0.2, 0.25) is 0 Å². The van der Waals surface area contributed by atoms with E-state index >= 15 is 0 Å². The van der Waals surface area contributed by atoms with Gasteiger partial charge >= 0.3 is 5.97 Å². The predicted molar refractivity (Wildman–Crippen MR) is 109 cm³/mol. The first-order valence-electron chi connectivity index (χ1n) is 9.28. The summed E-state index contributed by atoms with van der Waals surface area (Å²) in [6, 6.07) is 17.4. The SMILES string of the molecule is CC(C(=O)O)N(C)CC(=O)NCC(c1ccccc1)c1c[nH]c2ccccc12. The van der Waals surface area contributed by atoms with Gasteiger partial charge in [-0.3, -0.25) is 14.5 Å². The van der Waals surface area contributed by atoms with Gasteiger partial charge in [0.25, 0.3) is 0 Å². The van der Waals surface area contributed by atoms with Crippen molar-refractivity contribution in [1.82, 2.24) is 15.2 Å². The number of aromatic nitrogens is 1. The number of para-hydroxylation sites is 1. The molecule has 0 aliphatic heterocycles. The van der Waals surface area contributed by atoms with Crippen molar-refractivity contribution in [1.29, 1.82) is 0 Å². The van der Waals surface area contributed by atoms with Gasteiger partial charge in [-0.25, -0.2) is 0 Å². The van der Waals surface area contributed by atoms with E-state index in [0.29, 0.717) is 6.54 Å². The van der Waals surface area contributed by atoms with Crippen molar-refractivity contribution in [3.8, 4) is 0 Å². The Balaban J connectivity index is 1.78. The van der Waals surface area contributed by atoms with E-state index in [4.69, 9.17) is 5.11 Å². The minimum Gasteiger partial charge on any atom is -0.480 e. The molecule has 6 heteroatoms. The van der Waals surface area contributed by atoms with Gasteiger partial charge in [-0.15, -0.1) is 0 Å². The van der Waals surface area contributed by atoms with Gasteiger partial charge in [0, 0.05) is 29.6 Å². The first kappa shape index (κ1) is 19.6. The molecule has 0 aliphatic rings. The molecule has 2 aromatic carbocycles. The molecule has 3 N–H and O–H groups in total. The van der Waals surface area contributed by atoms with E-state index in [1.807, 2.05) is 42.6 Å². The second kappa shape index (κ2) is 8.71. The molecule has 1 amide bonds. The molecule has 28 heavy (non-hydrogen) atoms. The van der Waals surface area contributed by atoms with Gasteiger partial charge < -0.3 is 15.4 Å². The fourth-order valence-electron chi connectivity index (χ4n) is 3.30. The van der Waals surface area contributed by atoms with Crippen LogP contribution in [0.1, 0.15) is 24.0 Å². The van der Waals surface area contributed by atoms with Gasteiger partial charge in [0.2, 0.25) is 5.91 Å². The number of carbonyl (C=O) groups is 2. The first-order chi connectivity index (χ1) is 13.5. The molecule has 2 unspecified atom stereocenters. The Morgan fingerprint density at radius 2 is 1.79 bits per heavy atom. The molecule has 0 bridgehead atoms. The highest BCUT2D eigenvalue weighted by atomic mass is 16.4. The van der Waals surface area contributed by atoms with Crippen molar-refractivity contribution < 1.29 is 14.7 Å². The quantitative estimate of drug-likeness (QED) is 0.562. The van der Waals surface area contributed by atoms with Gasteiger partial charge in [0.15, 0.2) is 0 Å². The van der Waals surface area contributed by atoms with Gasteiger partial charge in [-0.1, -0.05) is 48.5 Å². The fraction of sp³-hybridized carbons (Fsp3) is 0.273. The minimum absolute atomic E-state index is 0.0106. The van der Waals surface area contributed by atoms with Crippen LogP contribution < -0.4 is 5.32 Å². The van der Waals surface area contributed by atoms with Crippen LogP contribution in [0.3, 0.4) is 0 Å².